The summed E-state index contributed by atoms with van der Waals surface area (Å²) in [5.41, 5.74) is 6.27. The molecule has 1 heterocycles. The van der Waals surface area contributed by atoms with Crippen molar-refractivity contribution in [2.45, 2.75) is 51.7 Å². The lowest BCUT2D eigenvalue weighted by molar-refractivity contribution is 0.0369. The van der Waals surface area contributed by atoms with Gasteiger partial charge in [-0.05, 0) is 34.1 Å². The molecule has 4 nitrogen and oxygen atoms in total. The predicted octanol–water partition coefficient (Wildman–Crippen LogP) is 1.15. The van der Waals surface area contributed by atoms with Crippen LogP contribution in [0.1, 0.15) is 34.1 Å². The number of nitrogens with two attached hydrogens (primary N) is 1. The molecular weight excluding hydrogens is 226 g/mol. The first-order valence-corrected chi connectivity index (χ1v) is 7.16. The first kappa shape index (κ1) is 15.9. The van der Waals surface area contributed by atoms with Gasteiger partial charge >= 0.3 is 0 Å². The van der Waals surface area contributed by atoms with Crippen molar-refractivity contribution in [2.75, 3.05) is 39.9 Å². The van der Waals surface area contributed by atoms with Gasteiger partial charge in [-0.1, -0.05) is 0 Å². The Morgan fingerprint density at radius 2 is 2.00 bits per heavy atom. The lowest BCUT2D eigenvalue weighted by atomic mass is 9.94. The number of likely N-dealkylation sites (tertiary alicyclic amines) is 1. The van der Waals surface area contributed by atoms with Gasteiger partial charge in [-0.2, -0.15) is 0 Å². The maximum atomic E-state index is 6.13. The lowest BCUT2D eigenvalue weighted by Gasteiger charge is -2.43. The van der Waals surface area contributed by atoms with Gasteiger partial charge < -0.3 is 10.5 Å². The second-order valence-electron chi connectivity index (χ2n) is 6.02. The third-order valence-corrected chi connectivity index (χ3v) is 4.24. The number of nitrogens with zero attached hydrogens (tertiary/aromatic N) is 2. The molecule has 0 saturated carbocycles. The second kappa shape index (κ2) is 6.85. The molecule has 0 aromatic carbocycles. The van der Waals surface area contributed by atoms with Gasteiger partial charge in [0.15, 0.2) is 0 Å². The quantitative estimate of drug-likeness (QED) is 0.743. The highest BCUT2D eigenvalue weighted by Crippen LogP contribution is 2.30. The second-order valence-corrected chi connectivity index (χ2v) is 6.02. The molecule has 18 heavy (non-hydrogen) atoms. The molecule has 1 aliphatic heterocycles. The molecule has 0 aromatic rings. The van der Waals surface area contributed by atoms with E-state index in [0.717, 1.165) is 32.8 Å². The minimum absolute atomic E-state index is 0.136. The van der Waals surface area contributed by atoms with Crippen molar-refractivity contribution >= 4 is 0 Å². The fourth-order valence-corrected chi connectivity index (χ4v) is 3.08. The largest absolute Gasteiger partial charge is 0.383 e. The molecule has 2 N–H and O–H groups in total. The number of hydrogen-bond acceptors (Lipinski definition) is 4. The molecule has 1 rings (SSSR count). The van der Waals surface area contributed by atoms with Crippen LogP contribution in [0.15, 0.2) is 0 Å². The summed E-state index contributed by atoms with van der Waals surface area (Å²) in [4.78, 5) is 5.08. The zero-order valence-electron chi connectivity index (χ0n) is 12.8. The van der Waals surface area contributed by atoms with Crippen LogP contribution in [0.25, 0.3) is 0 Å². The molecule has 0 aliphatic carbocycles. The summed E-state index contributed by atoms with van der Waals surface area (Å²) in [6.45, 7) is 13.8. The van der Waals surface area contributed by atoms with E-state index in [1.165, 1.54) is 6.42 Å². The van der Waals surface area contributed by atoms with Crippen molar-refractivity contribution in [3.63, 3.8) is 0 Å². The van der Waals surface area contributed by atoms with E-state index in [1.54, 1.807) is 7.11 Å². The molecule has 0 bridgehead atoms. The van der Waals surface area contributed by atoms with Crippen molar-refractivity contribution in [3.8, 4) is 0 Å². The van der Waals surface area contributed by atoms with E-state index in [4.69, 9.17) is 10.5 Å². The van der Waals surface area contributed by atoms with Gasteiger partial charge in [-0.3, -0.25) is 9.80 Å². The van der Waals surface area contributed by atoms with Gasteiger partial charge in [0, 0.05) is 50.9 Å². The van der Waals surface area contributed by atoms with Crippen molar-refractivity contribution in [1.82, 2.24) is 9.80 Å². The normalized spacial score (nSPS) is 25.8. The molecule has 1 aliphatic rings. The maximum absolute atomic E-state index is 6.13. The van der Waals surface area contributed by atoms with Crippen LogP contribution in [0, 0.1) is 0 Å². The van der Waals surface area contributed by atoms with Gasteiger partial charge in [-0.15, -0.1) is 0 Å². The topological polar surface area (TPSA) is 41.7 Å². The van der Waals surface area contributed by atoms with Gasteiger partial charge in [-0.25, -0.2) is 0 Å². The first-order valence-electron chi connectivity index (χ1n) is 7.16. The lowest BCUT2D eigenvalue weighted by Crippen LogP contribution is -2.59. The Kier molecular flexibility index (Phi) is 6.05. The molecule has 0 spiro atoms. The first-order chi connectivity index (χ1) is 8.46. The number of rotatable bonds is 7. The van der Waals surface area contributed by atoms with Crippen molar-refractivity contribution in [2.24, 2.45) is 5.73 Å². The highest BCUT2D eigenvalue weighted by molar-refractivity contribution is 5.01. The van der Waals surface area contributed by atoms with E-state index in [1.807, 2.05) is 0 Å². The fraction of sp³-hybridized carbons (Fsp3) is 1.00. The number of hydrogen-bond donors (Lipinski definition) is 1. The Bertz CT molecular complexity index is 245. The third kappa shape index (κ3) is 3.44. The van der Waals surface area contributed by atoms with Crippen molar-refractivity contribution < 1.29 is 4.74 Å². The molecule has 4 heteroatoms. The van der Waals surface area contributed by atoms with E-state index in [-0.39, 0.29) is 5.54 Å². The molecule has 0 amide bonds. The van der Waals surface area contributed by atoms with Crippen LogP contribution in [0.4, 0.5) is 0 Å². The predicted molar refractivity (Wildman–Crippen MR) is 76.8 cm³/mol. The summed E-state index contributed by atoms with van der Waals surface area (Å²) in [7, 11) is 1.77. The van der Waals surface area contributed by atoms with E-state index < -0.39 is 0 Å². The van der Waals surface area contributed by atoms with Crippen LogP contribution in [0.5, 0.6) is 0 Å². The minimum Gasteiger partial charge on any atom is -0.383 e. The molecule has 108 valence electrons. The summed E-state index contributed by atoms with van der Waals surface area (Å²) < 4.78 is 5.25. The highest BCUT2D eigenvalue weighted by atomic mass is 16.5. The maximum Gasteiger partial charge on any atom is 0.0590 e. The molecule has 1 atom stereocenters. The fourth-order valence-electron chi connectivity index (χ4n) is 3.08. The van der Waals surface area contributed by atoms with Crippen LogP contribution in [-0.4, -0.2) is 67.3 Å². The average Bonchev–Trinajstić information content (AvgIpc) is 2.75. The Labute approximate surface area is 112 Å². The summed E-state index contributed by atoms with van der Waals surface area (Å²) in [5, 5.41) is 0. The van der Waals surface area contributed by atoms with E-state index in [2.05, 4.69) is 37.5 Å². The highest BCUT2D eigenvalue weighted by Gasteiger charge is 2.43. The molecule has 1 saturated heterocycles. The molecule has 0 radical (unpaired) electrons. The van der Waals surface area contributed by atoms with Crippen LogP contribution in [0.3, 0.4) is 0 Å². The van der Waals surface area contributed by atoms with E-state index in [0.29, 0.717) is 12.1 Å². The summed E-state index contributed by atoms with van der Waals surface area (Å²) in [6.07, 6.45) is 1.17. The Hall–Kier alpha value is -0.160. The molecule has 1 fully saturated rings. The average molecular weight is 257 g/mol. The third-order valence-electron chi connectivity index (χ3n) is 4.24. The van der Waals surface area contributed by atoms with E-state index >= 15 is 0 Å². The monoisotopic (exact) mass is 257 g/mol. The summed E-state index contributed by atoms with van der Waals surface area (Å²) >= 11 is 0. The van der Waals surface area contributed by atoms with Crippen molar-refractivity contribution in [1.29, 1.82) is 0 Å². The molecule has 1 unspecified atom stereocenters. The Balaban J connectivity index is 2.78. The van der Waals surface area contributed by atoms with Crippen molar-refractivity contribution in [3.05, 3.63) is 0 Å². The number of methoxy groups -OCH3 is 1. The smallest absolute Gasteiger partial charge is 0.0590 e. The van der Waals surface area contributed by atoms with Crippen LogP contribution in [0.2, 0.25) is 0 Å². The van der Waals surface area contributed by atoms with Crippen LogP contribution < -0.4 is 5.73 Å². The Morgan fingerprint density at radius 3 is 2.39 bits per heavy atom. The van der Waals surface area contributed by atoms with E-state index in [9.17, 15) is 0 Å². The SMILES string of the molecule is COCCN(C(C)C)C1(CN)CCN(C(C)C)C1. The van der Waals surface area contributed by atoms with Crippen LogP contribution >= 0.6 is 0 Å². The molecule has 0 aromatic heterocycles. The van der Waals surface area contributed by atoms with Gasteiger partial charge in [0.25, 0.3) is 0 Å². The summed E-state index contributed by atoms with van der Waals surface area (Å²) in [6, 6.07) is 1.12. The van der Waals surface area contributed by atoms with Crippen LogP contribution in [-0.2, 0) is 4.74 Å². The van der Waals surface area contributed by atoms with Gasteiger partial charge in [0.1, 0.15) is 0 Å². The molecular formula is C14H31N3O. The zero-order valence-corrected chi connectivity index (χ0v) is 12.8. The minimum atomic E-state index is 0.136. The zero-order chi connectivity index (χ0) is 13.8. The summed E-state index contributed by atoms with van der Waals surface area (Å²) in [5.74, 6) is 0. The number of ether oxygens (including phenoxy) is 1. The Morgan fingerprint density at radius 1 is 1.33 bits per heavy atom. The van der Waals surface area contributed by atoms with Gasteiger partial charge in [0.05, 0.1) is 6.61 Å². The van der Waals surface area contributed by atoms with Gasteiger partial charge in [0.2, 0.25) is 0 Å². The standard InChI is InChI=1S/C14H31N3O/c1-12(2)16-7-6-14(10-15,11-16)17(13(3)4)8-9-18-5/h12-13H,6-11,15H2,1-5H3.